The zero-order valence-electron chi connectivity index (χ0n) is 14.0. The predicted octanol–water partition coefficient (Wildman–Crippen LogP) is 3.43. The van der Waals surface area contributed by atoms with Crippen molar-refractivity contribution in [1.29, 1.82) is 0 Å². The number of thiophene rings is 1. The van der Waals surface area contributed by atoms with Crippen LogP contribution in [0.4, 0.5) is 0 Å². The second kappa shape index (κ2) is 5.89. The molecule has 0 unspecified atom stereocenters. The van der Waals surface area contributed by atoms with Crippen LogP contribution in [0.25, 0.3) is 11.3 Å². The van der Waals surface area contributed by atoms with E-state index in [0.29, 0.717) is 26.3 Å². The highest BCUT2D eigenvalue weighted by Gasteiger charge is 2.40. The minimum atomic E-state index is -0.0842. The van der Waals surface area contributed by atoms with Crippen molar-refractivity contribution in [3.8, 4) is 11.3 Å². The maximum Gasteiger partial charge on any atom is 0.264 e. The molecule has 2 aromatic heterocycles. The summed E-state index contributed by atoms with van der Waals surface area (Å²) in [6.07, 6.45) is 4.70. The van der Waals surface area contributed by atoms with Gasteiger partial charge in [0.1, 0.15) is 0 Å². The molecular formula is C17H20N2O3S2. The van der Waals surface area contributed by atoms with Gasteiger partial charge in [0.2, 0.25) is 0 Å². The van der Waals surface area contributed by atoms with Gasteiger partial charge in [0.15, 0.2) is 5.76 Å². The largest absolute Gasteiger partial charge is 0.378 e. The summed E-state index contributed by atoms with van der Waals surface area (Å²) in [5.41, 5.74) is 3.25. The summed E-state index contributed by atoms with van der Waals surface area (Å²) in [5.74, 6) is 0.960. The maximum absolute atomic E-state index is 13.1. The van der Waals surface area contributed by atoms with Crippen LogP contribution < -0.4 is 0 Å². The summed E-state index contributed by atoms with van der Waals surface area (Å²) in [7, 11) is 0. The average molecular weight is 364 g/mol. The van der Waals surface area contributed by atoms with E-state index in [4.69, 9.17) is 9.26 Å². The molecule has 7 heteroatoms. The molecule has 0 saturated carbocycles. The van der Waals surface area contributed by atoms with E-state index in [1.54, 1.807) is 23.1 Å². The third kappa shape index (κ3) is 2.41. The molecule has 128 valence electrons. The highest BCUT2D eigenvalue weighted by atomic mass is 32.2. The first-order valence-electron chi connectivity index (χ1n) is 8.05. The summed E-state index contributed by atoms with van der Waals surface area (Å²) >= 11 is 3.26. The third-order valence-corrected chi connectivity index (χ3v) is 7.14. The smallest absolute Gasteiger partial charge is 0.264 e. The van der Waals surface area contributed by atoms with Crippen LogP contribution in [0.15, 0.2) is 14.9 Å². The molecule has 1 amide bonds. The zero-order valence-corrected chi connectivity index (χ0v) is 15.7. The highest BCUT2D eigenvalue weighted by Crippen LogP contribution is 2.51. The third-order valence-electron chi connectivity index (χ3n) is 4.80. The molecule has 5 nitrogen and oxygen atoms in total. The number of morpholine rings is 1. The van der Waals surface area contributed by atoms with E-state index in [1.165, 1.54) is 0 Å². The Hall–Kier alpha value is -1.31. The molecule has 0 aromatic carbocycles. The lowest BCUT2D eigenvalue weighted by atomic mass is 9.73. The lowest BCUT2D eigenvalue weighted by molar-refractivity contribution is 0.0305. The van der Waals surface area contributed by atoms with Crippen LogP contribution in [0.3, 0.4) is 0 Å². The van der Waals surface area contributed by atoms with Gasteiger partial charge in [0.05, 0.1) is 28.5 Å². The van der Waals surface area contributed by atoms with Crippen molar-refractivity contribution in [3.63, 3.8) is 0 Å². The van der Waals surface area contributed by atoms with E-state index in [1.807, 2.05) is 17.4 Å². The van der Waals surface area contributed by atoms with Gasteiger partial charge in [-0.15, -0.1) is 23.1 Å². The molecule has 3 heterocycles. The topological polar surface area (TPSA) is 55.6 Å². The first-order valence-corrected chi connectivity index (χ1v) is 10.1. The minimum Gasteiger partial charge on any atom is -0.378 e. The quantitative estimate of drug-likeness (QED) is 0.764. The highest BCUT2D eigenvalue weighted by molar-refractivity contribution is 8.00. The van der Waals surface area contributed by atoms with Gasteiger partial charge in [-0.1, -0.05) is 19.0 Å². The number of carbonyl (C=O) groups excluding carboxylic acids is 1. The molecule has 1 aliphatic carbocycles. The molecule has 4 rings (SSSR count). The van der Waals surface area contributed by atoms with E-state index < -0.39 is 0 Å². The zero-order chi connectivity index (χ0) is 16.9. The number of rotatable bonds is 2. The summed E-state index contributed by atoms with van der Waals surface area (Å²) < 4.78 is 12.1. The first-order chi connectivity index (χ1) is 11.5. The van der Waals surface area contributed by atoms with E-state index >= 15 is 0 Å². The van der Waals surface area contributed by atoms with Crippen LogP contribution in [0, 0.1) is 0 Å². The van der Waals surface area contributed by atoms with E-state index in [-0.39, 0.29) is 11.3 Å². The number of ether oxygens (including phenoxy) is 1. The normalized spacial score (nSPS) is 19.0. The van der Waals surface area contributed by atoms with E-state index in [2.05, 4.69) is 19.0 Å². The van der Waals surface area contributed by atoms with Gasteiger partial charge in [-0.2, -0.15) is 0 Å². The average Bonchev–Trinajstić information content (AvgIpc) is 3.19. The summed E-state index contributed by atoms with van der Waals surface area (Å²) in [6.45, 7) is 6.93. The number of carbonyl (C=O) groups is 1. The van der Waals surface area contributed by atoms with Crippen molar-refractivity contribution in [3.05, 3.63) is 22.2 Å². The van der Waals surface area contributed by atoms with Crippen molar-refractivity contribution >= 4 is 29.0 Å². The van der Waals surface area contributed by atoms with Gasteiger partial charge in [0.25, 0.3) is 5.91 Å². The van der Waals surface area contributed by atoms with Crippen molar-refractivity contribution in [2.75, 3.05) is 32.6 Å². The summed E-state index contributed by atoms with van der Waals surface area (Å²) in [4.78, 5) is 15.8. The van der Waals surface area contributed by atoms with Crippen LogP contribution in [0.2, 0.25) is 0 Å². The second-order valence-electron chi connectivity index (χ2n) is 6.81. The number of hydrogen-bond donors (Lipinski definition) is 0. The van der Waals surface area contributed by atoms with E-state index in [0.717, 1.165) is 38.0 Å². The SMILES string of the molecule is CSc1sc(C(=O)N2CCOCC2)c2c1-c1oncc1C(C)(C)C2. The van der Waals surface area contributed by atoms with Crippen molar-refractivity contribution in [2.24, 2.45) is 0 Å². The number of amides is 1. The number of aromatic nitrogens is 1. The maximum atomic E-state index is 13.1. The van der Waals surface area contributed by atoms with Crippen molar-refractivity contribution < 1.29 is 14.1 Å². The molecule has 1 fully saturated rings. The molecule has 2 aliphatic rings. The molecule has 1 saturated heterocycles. The number of thioether (sulfide) groups is 1. The molecule has 24 heavy (non-hydrogen) atoms. The van der Waals surface area contributed by atoms with Crippen molar-refractivity contribution in [2.45, 2.75) is 29.9 Å². The van der Waals surface area contributed by atoms with Crippen LogP contribution in [-0.4, -0.2) is 48.5 Å². The molecule has 0 radical (unpaired) electrons. The van der Waals surface area contributed by atoms with Gasteiger partial charge in [0, 0.05) is 24.2 Å². The molecular weight excluding hydrogens is 344 g/mol. The first kappa shape index (κ1) is 16.2. The van der Waals surface area contributed by atoms with E-state index in [9.17, 15) is 4.79 Å². The Kier molecular flexibility index (Phi) is 3.97. The standard InChI is InChI=1S/C17H20N2O3S2/c1-17(2)8-10-12(13-11(17)9-18-22-13)16(23-3)24-14(10)15(20)19-4-6-21-7-5-19/h9H,4-8H2,1-3H3. The fraction of sp³-hybridized carbons (Fsp3) is 0.529. The van der Waals surface area contributed by atoms with Crippen LogP contribution in [0.1, 0.15) is 34.6 Å². The minimum absolute atomic E-state index is 0.0842. The van der Waals surface area contributed by atoms with Crippen molar-refractivity contribution in [1.82, 2.24) is 10.1 Å². The van der Waals surface area contributed by atoms with Gasteiger partial charge >= 0.3 is 0 Å². The summed E-state index contributed by atoms with van der Waals surface area (Å²) in [6, 6.07) is 0. The molecule has 0 N–H and O–H groups in total. The monoisotopic (exact) mass is 364 g/mol. The number of hydrogen-bond acceptors (Lipinski definition) is 6. The summed E-state index contributed by atoms with van der Waals surface area (Å²) in [5, 5.41) is 4.03. The fourth-order valence-corrected chi connectivity index (χ4v) is 5.53. The van der Waals surface area contributed by atoms with Gasteiger partial charge < -0.3 is 14.2 Å². The molecule has 1 aliphatic heterocycles. The Morgan fingerprint density at radius 1 is 1.38 bits per heavy atom. The Labute approximate surface area is 149 Å². The number of nitrogens with zero attached hydrogens (tertiary/aromatic N) is 2. The Morgan fingerprint density at radius 2 is 2.12 bits per heavy atom. The fourth-order valence-electron chi connectivity index (χ4n) is 3.51. The van der Waals surface area contributed by atoms with Crippen LogP contribution >= 0.6 is 23.1 Å². The van der Waals surface area contributed by atoms with Gasteiger partial charge in [-0.3, -0.25) is 4.79 Å². The lowest BCUT2D eigenvalue weighted by Crippen LogP contribution is -2.41. The van der Waals surface area contributed by atoms with Crippen LogP contribution in [0.5, 0.6) is 0 Å². The van der Waals surface area contributed by atoms with Gasteiger partial charge in [-0.25, -0.2) is 0 Å². The molecule has 0 bridgehead atoms. The Balaban J connectivity index is 1.83. The number of fused-ring (bicyclic) bond motifs is 3. The van der Waals surface area contributed by atoms with Crippen LogP contribution in [-0.2, 0) is 16.6 Å². The Morgan fingerprint density at radius 3 is 2.83 bits per heavy atom. The van der Waals surface area contributed by atoms with Gasteiger partial charge in [-0.05, 0) is 23.7 Å². The lowest BCUT2D eigenvalue weighted by Gasteiger charge is -2.30. The molecule has 0 atom stereocenters. The Bertz CT molecular complexity index is 788. The second-order valence-corrected chi connectivity index (χ2v) is 8.91. The predicted molar refractivity (Wildman–Crippen MR) is 95.0 cm³/mol. The molecule has 0 spiro atoms. The molecule has 2 aromatic rings.